The standard InChI is InChI=1S/C9H15N3O2/c1-2-3-4-8(10)9-5-7(6-11-9)12(13)14/h5-6,8,11H,2-4,10H2,1H3. The number of nitro groups is 1. The highest BCUT2D eigenvalue weighted by atomic mass is 16.6. The zero-order valence-electron chi connectivity index (χ0n) is 8.19. The van der Waals surface area contributed by atoms with E-state index in [2.05, 4.69) is 11.9 Å². The number of nitrogens with one attached hydrogen (secondary N) is 1. The van der Waals surface area contributed by atoms with Gasteiger partial charge in [-0.3, -0.25) is 10.1 Å². The van der Waals surface area contributed by atoms with Crippen LogP contribution in [0.2, 0.25) is 0 Å². The minimum atomic E-state index is -0.424. The van der Waals surface area contributed by atoms with Crippen molar-refractivity contribution in [3.8, 4) is 0 Å². The first kappa shape index (κ1) is 10.7. The fraction of sp³-hybridized carbons (Fsp3) is 0.556. The number of aromatic amines is 1. The van der Waals surface area contributed by atoms with E-state index >= 15 is 0 Å². The predicted molar refractivity (Wildman–Crippen MR) is 53.9 cm³/mol. The van der Waals surface area contributed by atoms with Crippen molar-refractivity contribution < 1.29 is 4.92 Å². The second-order valence-corrected chi connectivity index (χ2v) is 3.32. The van der Waals surface area contributed by atoms with Gasteiger partial charge in [-0.1, -0.05) is 19.8 Å². The molecule has 1 rings (SSSR count). The van der Waals surface area contributed by atoms with Crippen LogP contribution in [0.3, 0.4) is 0 Å². The normalized spacial score (nSPS) is 12.7. The Hall–Kier alpha value is -1.36. The van der Waals surface area contributed by atoms with Crippen molar-refractivity contribution >= 4 is 5.69 Å². The first-order valence-corrected chi connectivity index (χ1v) is 4.73. The Balaban J connectivity index is 2.61. The summed E-state index contributed by atoms with van der Waals surface area (Å²) in [4.78, 5) is 12.8. The molecule has 5 nitrogen and oxygen atoms in total. The molecule has 0 saturated carbocycles. The number of nitrogens with two attached hydrogens (primary N) is 1. The minimum absolute atomic E-state index is 0.0759. The van der Waals surface area contributed by atoms with Crippen molar-refractivity contribution in [1.29, 1.82) is 0 Å². The van der Waals surface area contributed by atoms with Crippen molar-refractivity contribution in [2.24, 2.45) is 5.73 Å². The number of H-pyrrole nitrogens is 1. The summed E-state index contributed by atoms with van der Waals surface area (Å²) >= 11 is 0. The van der Waals surface area contributed by atoms with Crippen LogP contribution in [0.1, 0.15) is 37.9 Å². The molecule has 0 aliphatic heterocycles. The van der Waals surface area contributed by atoms with Gasteiger partial charge in [-0.05, 0) is 6.42 Å². The van der Waals surface area contributed by atoms with E-state index in [0.717, 1.165) is 25.0 Å². The van der Waals surface area contributed by atoms with E-state index in [4.69, 9.17) is 5.73 Å². The Morgan fingerprint density at radius 1 is 1.71 bits per heavy atom. The smallest absolute Gasteiger partial charge is 0.287 e. The average Bonchev–Trinajstić information content (AvgIpc) is 2.62. The molecule has 0 radical (unpaired) electrons. The Labute approximate surface area is 82.5 Å². The third-order valence-electron chi connectivity index (χ3n) is 2.17. The van der Waals surface area contributed by atoms with Crippen LogP contribution in [-0.2, 0) is 0 Å². The first-order valence-electron chi connectivity index (χ1n) is 4.73. The molecule has 78 valence electrons. The zero-order valence-corrected chi connectivity index (χ0v) is 8.19. The highest BCUT2D eigenvalue weighted by Crippen LogP contribution is 2.20. The van der Waals surface area contributed by atoms with E-state index in [1.54, 1.807) is 0 Å². The molecular weight excluding hydrogens is 182 g/mol. The van der Waals surface area contributed by atoms with E-state index in [0.29, 0.717) is 0 Å². The van der Waals surface area contributed by atoms with Crippen LogP contribution in [0.5, 0.6) is 0 Å². The highest BCUT2D eigenvalue weighted by molar-refractivity contribution is 5.31. The summed E-state index contributed by atoms with van der Waals surface area (Å²) in [6.07, 6.45) is 4.35. The van der Waals surface area contributed by atoms with Gasteiger partial charge in [-0.25, -0.2) is 0 Å². The molecule has 0 spiro atoms. The Morgan fingerprint density at radius 2 is 2.43 bits per heavy atom. The number of nitrogens with zero attached hydrogens (tertiary/aromatic N) is 1. The van der Waals surface area contributed by atoms with Crippen LogP contribution in [0.4, 0.5) is 5.69 Å². The summed E-state index contributed by atoms with van der Waals surface area (Å²) in [5.41, 5.74) is 6.66. The third-order valence-corrected chi connectivity index (χ3v) is 2.17. The Bertz CT molecular complexity index is 309. The van der Waals surface area contributed by atoms with E-state index in [-0.39, 0.29) is 11.7 Å². The van der Waals surface area contributed by atoms with Crippen LogP contribution in [0.25, 0.3) is 0 Å². The molecule has 0 aliphatic rings. The van der Waals surface area contributed by atoms with Crippen molar-refractivity contribution in [2.45, 2.75) is 32.2 Å². The monoisotopic (exact) mass is 197 g/mol. The number of hydrogen-bond donors (Lipinski definition) is 2. The lowest BCUT2D eigenvalue weighted by Gasteiger charge is -2.07. The largest absolute Gasteiger partial charge is 0.358 e. The van der Waals surface area contributed by atoms with Gasteiger partial charge in [0, 0.05) is 17.8 Å². The number of unbranched alkanes of at least 4 members (excludes halogenated alkanes) is 1. The molecule has 0 saturated heterocycles. The summed E-state index contributed by atoms with van der Waals surface area (Å²) in [5.74, 6) is 0. The van der Waals surface area contributed by atoms with Gasteiger partial charge in [-0.15, -0.1) is 0 Å². The lowest BCUT2D eigenvalue weighted by atomic mass is 10.1. The molecular formula is C9H15N3O2. The molecule has 0 fully saturated rings. The second-order valence-electron chi connectivity index (χ2n) is 3.32. The quantitative estimate of drug-likeness (QED) is 0.560. The number of hydrogen-bond acceptors (Lipinski definition) is 3. The molecule has 14 heavy (non-hydrogen) atoms. The topological polar surface area (TPSA) is 84.9 Å². The number of rotatable bonds is 5. The fourth-order valence-corrected chi connectivity index (χ4v) is 1.30. The van der Waals surface area contributed by atoms with Crippen LogP contribution >= 0.6 is 0 Å². The van der Waals surface area contributed by atoms with Gasteiger partial charge in [-0.2, -0.15) is 0 Å². The van der Waals surface area contributed by atoms with Crippen LogP contribution in [-0.4, -0.2) is 9.91 Å². The van der Waals surface area contributed by atoms with Gasteiger partial charge < -0.3 is 10.7 Å². The summed E-state index contributed by atoms with van der Waals surface area (Å²) < 4.78 is 0. The summed E-state index contributed by atoms with van der Waals surface area (Å²) in [6.45, 7) is 2.09. The lowest BCUT2D eigenvalue weighted by molar-refractivity contribution is -0.384. The van der Waals surface area contributed by atoms with Crippen molar-refractivity contribution in [3.05, 3.63) is 28.1 Å². The van der Waals surface area contributed by atoms with Crippen LogP contribution < -0.4 is 5.73 Å². The molecule has 1 aromatic heterocycles. The molecule has 1 heterocycles. The lowest BCUT2D eigenvalue weighted by Crippen LogP contribution is -2.10. The van der Waals surface area contributed by atoms with Gasteiger partial charge >= 0.3 is 0 Å². The Kier molecular flexibility index (Phi) is 3.64. The van der Waals surface area contributed by atoms with Crippen LogP contribution in [0, 0.1) is 10.1 Å². The molecule has 3 N–H and O–H groups in total. The van der Waals surface area contributed by atoms with Gasteiger partial charge in [0.25, 0.3) is 5.69 Å². The maximum Gasteiger partial charge on any atom is 0.287 e. The maximum atomic E-state index is 10.4. The minimum Gasteiger partial charge on any atom is -0.358 e. The fourth-order valence-electron chi connectivity index (χ4n) is 1.30. The SMILES string of the molecule is CCCCC(N)c1cc([N+](=O)[O-])c[nH]1. The molecule has 5 heteroatoms. The van der Waals surface area contributed by atoms with Crippen LogP contribution in [0.15, 0.2) is 12.3 Å². The highest BCUT2D eigenvalue weighted by Gasteiger charge is 2.13. The number of aromatic nitrogens is 1. The van der Waals surface area contributed by atoms with Gasteiger partial charge in [0.05, 0.1) is 11.1 Å². The molecule has 0 amide bonds. The van der Waals surface area contributed by atoms with E-state index in [1.807, 2.05) is 0 Å². The first-order chi connectivity index (χ1) is 6.65. The molecule has 1 unspecified atom stereocenters. The molecule has 1 atom stereocenters. The molecule has 0 aliphatic carbocycles. The van der Waals surface area contributed by atoms with E-state index < -0.39 is 4.92 Å². The second kappa shape index (κ2) is 4.76. The molecule has 0 aromatic carbocycles. The third kappa shape index (κ3) is 2.56. The average molecular weight is 197 g/mol. The zero-order chi connectivity index (χ0) is 10.6. The molecule has 0 bridgehead atoms. The van der Waals surface area contributed by atoms with Crippen molar-refractivity contribution in [1.82, 2.24) is 4.98 Å². The van der Waals surface area contributed by atoms with Gasteiger partial charge in [0.2, 0.25) is 0 Å². The van der Waals surface area contributed by atoms with E-state index in [9.17, 15) is 10.1 Å². The maximum absolute atomic E-state index is 10.4. The van der Waals surface area contributed by atoms with Gasteiger partial charge in [0.15, 0.2) is 0 Å². The summed E-state index contributed by atoms with van der Waals surface area (Å²) in [6, 6.07) is 1.38. The van der Waals surface area contributed by atoms with Crippen molar-refractivity contribution in [3.63, 3.8) is 0 Å². The summed E-state index contributed by atoms with van der Waals surface area (Å²) in [7, 11) is 0. The van der Waals surface area contributed by atoms with Gasteiger partial charge in [0.1, 0.15) is 0 Å². The molecule has 1 aromatic rings. The van der Waals surface area contributed by atoms with E-state index in [1.165, 1.54) is 12.3 Å². The van der Waals surface area contributed by atoms with Crippen molar-refractivity contribution in [2.75, 3.05) is 0 Å². The Morgan fingerprint density at radius 3 is 2.93 bits per heavy atom. The summed E-state index contributed by atoms with van der Waals surface area (Å²) in [5, 5.41) is 10.4. The predicted octanol–water partition coefficient (Wildman–Crippen LogP) is 2.11.